The average Bonchev–Trinajstić information content (AvgIpc) is 2.81. The lowest BCUT2D eigenvalue weighted by Crippen LogP contribution is -2.43. The van der Waals surface area contributed by atoms with Crippen LogP contribution < -0.4 is 9.46 Å². The fourth-order valence-corrected chi connectivity index (χ4v) is 5.87. The van der Waals surface area contributed by atoms with Gasteiger partial charge in [-0.2, -0.15) is 0 Å². The van der Waals surface area contributed by atoms with E-state index in [1.165, 1.54) is 0 Å². The minimum atomic E-state index is -3.68. The first-order valence-electron chi connectivity index (χ1n) is 11.7. The smallest absolute Gasteiger partial charge is 0.240 e. The molecule has 2 N–H and O–H groups in total. The summed E-state index contributed by atoms with van der Waals surface area (Å²) in [6.45, 7) is 5.97. The topological polar surface area (TPSA) is 78.9 Å². The van der Waals surface area contributed by atoms with Gasteiger partial charge in [-0.25, -0.2) is 13.1 Å². The number of hydrogen-bond donors (Lipinski definition) is 2. The van der Waals surface area contributed by atoms with Crippen LogP contribution in [0.15, 0.2) is 77.7 Å². The van der Waals surface area contributed by atoms with Crippen molar-refractivity contribution in [2.75, 3.05) is 19.6 Å². The second-order valence-electron chi connectivity index (χ2n) is 8.87. The summed E-state index contributed by atoms with van der Waals surface area (Å²) in [4.78, 5) is 2.46. The van der Waals surface area contributed by atoms with Gasteiger partial charge in [0.05, 0.1) is 10.5 Å². The fraction of sp³-hybridized carbons (Fsp3) is 0.333. The van der Waals surface area contributed by atoms with Crippen LogP contribution >= 0.6 is 0 Å². The van der Waals surface area contributed by atoms with Crippen LogP contribution in [-0.2, 0) is 22.2 Å². The fourth-order valence-electron chi connectivity index (χ4n) is 4.44. The van der Waals surface area contributed by atoms with Crippen molar-refractivity contribution in [2.45, 2.75) is 43.7 Å². The van der Waals surface area contributed by atoms with E-state index in [1.807, 2.05) is 61.5 Å². The Balaban J connectivity index is 1.45. The maximum Gasteiger partial charge on any atom is 0.240 e. The van der Waals surface area contributed by atoms with E-state index in [-0.39, 0.29) is 4.90 Å². The van der Waals surface area contributed by atoms with E-state index in [1.54, 1.807) is 19.1 Å². The van der Waals surface area contributed by atoms with Gasteiger partial charge in [0.15, 0.2) is 0 Å². The Labute approximate surface area is 202 Å². The first-order valence-corrected chi connectivity index (χ1v) is 13.1. The summed E-state index contributed by atoms with van der Waals surface area (Å²) >= 11 is 0. The molecule has 0 saturated carbocycles. The largest absolute Gasteiger partial charge is 0.457 e. The maximum absolute atomic E-state index is 12.8. The number of para-hydroxylation sites is 1. The van der Waals surface area contributed by atoms with Gasteiger partial charge in [-0.15, -0.1) is 0 Å². The number of nitrogens with one attached hydrogen (secondary N) is 1. The lowest BCUT2D eigenvalue weighted by atomic mass is 9.84. The first-order chi connectivity index (χ1) is 16.3. The standard InChI is InChI=1S/C27H32N2O4S/c1-3-28-34(31,32)26-18-21(2)12-13-25(26)27(30)14-16-29(17-15-27)20-22-8-7-11-24(19-22)33-23-9-5-4-6-10-23/h4-13,18-19,28,30H,3,14-17,20H2,1-2H3. The summed E-state index contributed by atoms with van der Waals surface area (Å²) in [5.41, 5.74) is 1.28. The van der Waals surface area contributed by atoms with Crippen LogP contribution in [0.4, 0.5) is 0 Å². The molecule has 0 radical (unpaired) electrons. The minimum Gasteiger partial charge on any atom is -0.457 e. The lowest BCUT2D eigenvalue weighted by Gasteiger charge is -2.39. The second-order valence-corrected chi connectivity index (χ2v) is 10.6. The summed E-state index contributed by atoms with van der Waals surface area (Å²) in [7, 11) is -3.68. The van der Waals surface area contributed by atoms with E-state index in [0.717, 1.165) is 29.2 Å². The zero-order chi connectivity index (χ0) is 24.2. The Morgan fingerprint density at radius 3 is 2.38 bits per heavy atom. The van der Waals surface area contributed by atoms with Gasteiger partial charge in [0.1, 0.15) is 11.5 Å². The number of nitrogens with zero attached hydrogens (tertiary/aromatic N) is 1. The summed E-state index contributed by atoms with van der Waals surface area (Å²) < 4.78 is 34.1. The average molecular weight is 481 g/mol. The van der Waals surface area contributed by atoms with Crippen molar-refractivity contribution >= 4 is 10.0 Å². The van der Waals surface area contributed by atoms with Gasteiger partial charge in [0.2, 0.25) is 10.0 Å². The maximum atomic E-state index is 12.8. The van der Waals surface area contributed by atoms with E-state index >= 15 is 0 Å². The van der Waals surface area contributed by atoms with Crippen LogP contribution in [0.3, 0.4) is 0 Å². The third-order valence-corrected chi connectivity index (χ3v) is 7.81. The van der Waals surface area contributed by atoms with Crippen molar-refractivity contribution in [3.63, 3.8) is 0 Å². The predicted octanol–water partition coefficient (Wildman–Crippen LogP) is 4.57. The number of benzene rings is 3. The highest BCUT2D eigenvalue weighted by atomic mass is 32.2. The molecule has 3 aromatic rings. The Kier molecular flexibility index (Phi) is 7.38. The van der Waals surface area contributed by atoms with Crippen LogP contribution in [-0.4, -0.2) is 38.1 Å². The van der Waals surface area contributed by atoms with Gasteiger partial charge in [0, 0.05) is 31.7 Å². The van der Waals surface area contributed by atoms with E-state index in [9.17, 15) is 13.5 Å². The molecule has 1 fully saturated rings. The Hall–Kier alpha value is -2.71. The molecule has 1 aliphatic heterocycles. The molecule has 0 bridgehead atoms. The molecule has 6 nitrogen and oxygen atoms in total. The second kappa shape index (κ2) is 10.3. The predicted molar refractivity (Wildman–Crippen MR) is 133 cm³/mol. The number of likely N-dealkylation sites (tertiary alicyclic amines) is 1. The van der Waals surface area contributed by atoms with Crippen LogP contribution in [0.25, 0.3) is 0 Å². The Bertz CT molecular complexity index is 1220. The number of ether oxygens (including phenoxy) is 1. The highest BCUT2D eigenvalue weighted by Crippen LogP contribution is 2.37. The van der Waals surface area contributed by atoms with Crippen molar-refractivity contribution in [1.82, 2.24) is 9.62 Å². The summed E-state index contributed by atoms with van der Waals surface area (Å²) in [5, 5.41) is 11.5. The third kappa shape index (κ3) is 5.67. The van der Waals surface area contributed by atoms with E-state index in [2.05, 4.69) is 15.7 Å². The first kappa shape index (κ1) is 24.4. The van der Waals surface area contributed by atoms with E-state index < -0.39 is 15.6 Å². The highest BCUT2D eigenvalue weighted by molar-refractivity contribution is 7.89. The van der Waals surface area contributed by atoms with Crippen molar-refractivity contribution in [2.24, 2.45) is 0 Å². The molecule has 0 atom stereocenters. The SMILES string of the molecule is CCNS(=O)(=O)c1cc(C)ccc1C1(O)CCN(Cc2cccc(Oc3ccccc3)c2)CC1. The lowest BCUT2D eigenvalue weighted by molar-refractivity contribution is -0.0299. The number of piperidine rings is 1. The van der Waals surface area contributed by atoms with E-state index in [0.29, 0.717) is 38.0 Å². The van der Waals surface area contributed by atoms with Crippen molar-refractivity contribution < 1.29 is 18.3 Å². The van der Waals surface area contributed by atoms with Crippen molar-refractivity contribution in [1.29, 1.82) is 0 Å². The number of aryl methyl sites for hydroxylation is 1. The van der Waals surface area contributed by atoms with Gasteiger partial charge in [-0.1, -0.05) is 49.4 Å². The molecule has 0 aromatic heterocycles. The molecule has 0 unspecified atom stereocenters. The zero-order valence-electron chi connectivity index (χ0n) is 19.7. The molecule has 0 aliphatic carbocycles. The molecule has 4 rings (SSSR count). The highest BCUT2D eigenvalue weighted by Gasteiger charge is 2.38. The van der Waals surface area contributed by atoms with Crippen molar-refractivity contribution in [3.05, 3.63) is 89.5 Å². The molecule has 0 spiro atoms. The number of rotatable bonds is 8. The number of sulfonamides is 1. The Morgan fingerprint density at radius 2 is 1.68 bits per heavy atom. The quantitative estimate of drug-likeness (QED) is 0.494. The van der Waals surface area contributed by atoms with Gasteiger partial charge in [-0.3, -0.25) is 4.90 Å². The monoisotopic (exact) mass is 480 g/mol. The molecular formula is C27H32N2O4S. The molecule has 1 heterocycles. The van der Waals surface area contributed by atoms with E-state index in [4.69, 9.17) is 4.74 Å². The zero-order valence-corrected chi connectivity index (χ0v) is 20.5. The number of hydrogen-bond acceptors (Lipinski definition) is 5. The molecule has 180 valence electrons. The molecule has 34 heavy (non-hydrogen) atoms. The van der Waals surface area contributed by atoms with Crippen LogP contribution in [0, 0.1) is 6.92 Å². The van der Waals surface area contributed by atoms with Crippen molar-refractivity contribution in [3.8, 4) is 11.5 Å². The van der Waals surface area contributed by atoms with Gasteiger partial charge < -0.3 is 9.84 Å². The summed E-state index contributed by atoms with van der Waals surface area (Å²) in [6, 6.07) is 23.0. The molecule has 1 saturated heterocycles. The normalized spacial score (nSPS) is 16.3. The third-order valence-electron chi connectivity index (χ3n) is 6.23. The van der Waals surface area contributed by atoms with Crippen LogP contribution in [0.5, 0.6) is 11.5 Å². The van der Waals surface area contributed by atoms with Crippen LogP contribution in [0.1, 0.15) is 36.5 Å². The van der Waals surface area contributed by atoms with Gasteiger partial charge in [-0.05, 0) is 61.2 Å². The van der Waals surface area contributed by atoms with Gasteiger partial charge in [0.25, 0.3) is 0 Å². The van der Waals surface area contributed by atoms with Crippen LogP contribution in [0.2, 0.25) is 0 Å². The summed E-state index contributed by atoms with van der Waals surface area (Å²) in [6.07, 6.45) is 0.926. The summed E-state index contributed by atoms with van der Waals surface area (Å²) in [5.74, 6) is 1.58. The van der Waals surface area contributed by atoms with Gasteiger partial charge >= 0.3 is 0 Å². The molecule has 1 aliphatic rings. The minimum absolute atomic E-state index is 0.177. The number of aliphatic hydroxyl groups is 1. The Morgan fingerprint density at radius 1 is 0.971 bits per heavy atom. The molecule has 3 aromatic carbocycles. The molecule has 0 amide bonds. The molecule has 7 heteroatoms. The molecular weight excluding hydrogens is 448 g/mol.